The Labute approximate surface area is 124 Å². The third-order valence-electron chi connectivity index (χ3n) is 2.71. The summed E-state index contributed by atoms with van der Waals surface area (Å²) in [5, 5.41) is 1.55. The van der Waals surface area contributed by atoms with Gasteiger partial charge in [0.15, 0.2) is 10.8 Å². The van der Waals surface area contributed by atoms with Gasteiger partial charge in [0.2, 0.25) is 0 Å². The van der Waals surface area contributed by atoms with Crippen LogP contribution in [0.15, 0.2) is 30.9 Å². The highest BCUT2D eigenvalue weighted by molar-refractivity contribution is 6.35. The fourth-order valence-corrected chi connectivity index (χ4v) is 2.45. The molecule has 0 aliphatic carbocycles. The Balaban J connectivity index is 2.04. The molecule has 0 unspecified atom stereocenters. The monoisotopic (exact) mass is 312 g/mol. The second kappa shape index (κ2) is 4.96. The van der Waals surface area contributed by atoms with Crippen molar-refractivity contribution in [1.29, 1.82) is 0 Å². The molecule has 0 amide bonds. The van der Waals surface area contributed by atoms with Crippen molar-refractivity contribution in [2.75, 3.05) is 0 Å². The minimum Gasteiger partial charge on any atom is -0.311 e. The zero-order chi connectivity index (χ0) is 13.4. The predicted molar refractivity (Wildman–Crippen MR) is 75.9 cm³/mol. The molecule has 0 N–H and O–H groups in total. The van der Waals surface area contributed by atoms with Gasteiger partial charge in [-0.15, -0.1) is 0 Å². The molecule has 96 valence electrons. The molecule has 7 heteroatoms. The average molecular weight is 314 g/mol. The maximum Gasteiger partial charge on any atom is 0.165 e. The van der Waals surface area contributed by atoms with Gasteiger partial charge in [-0.2, -0.15) is 0 Å². The zero-order valence-corrected chi connectivity index (χ0v) is 11.8. The molecule has 0 aliphatic rings. The molecular weight excluding hydrogens is 307 g/mol. The zero-order valence-electron chi connectivity index (χ0n) is 9.52. The number of hydrogen-bond acceptors (Lipinski definition) is 3. The first-order valence-electron chi connectivity index (χ1n) is 5.40. The van der Waals surface area contributed by atoms with Gasteiger partial charge in [-0.25, -0.2) is 15.0 Å². The summed E-state index contributed by atoms with van der Waals surface area (Å²) in [6.45, 7) is 0.542. The molecule has 3 rings (SSSR count). The molecular formula is C12H7Cl3N4. The van der Waals surface area contributed by atoms with E-state index in [1.807, 2.05) is 10.6 Å². The maximum atomic E-state index is 6.15. The summed E-state index contributed by atoms with van der Waals surface area (Å²) >= 11 is 18.0. The molecule has 0 saturated carbocycles. The molecule has 0 atom stereocenters. The maximum absolute atomic E-state index is 6.15. The SMILES string of the molecule is Clc1ccc(Cn2cnc3c(Cl)ncnc32)c(Cl)c1. The normalized spacial score (nSPS) is 11.1. The Kier molecular flexibility index (Phi) is 3.31. The first kappa shape index (κ1) is 12.7. The van der Waals surface area contributed by atoms with E-state index in [1.54, 1.807) is 18.5 Å². The molecule has 3 aromatic rings. The van der Waals surface area contributed by atoms with Gasteiger partial charge in [0.05, 0.1) is 12.9 Å². The third-order valence-corrected chi connectivity index (χ3v) is 3.58. The largest absolute Gasteiger partial charge is 0.311 e. The van der Waals surface area contributed by atoms with Crippen LogP contribution in [0.2, 0.25) is 15.2 Å². The fourth-order valence-electron chi connectivity index (χ4n) is 1.80. The van der Waals surface area contributed by atoms with E-state index >= 15 is 0 Å². The molecule has 0 fully saturated rings. The Morgan fingerprint density at radius 2 is 1.89 bits per heavy atom. The van der Waals surface area contributed by atoms with Crippen LogP contribution in [0.5, 0.6) is 0 Å². The van der Waals surface area contributed by atoms with Crippen LogP contribution in [0.25, 0.3) is 11.2 Å². The second-order valence-electron chi connectivity index (χ2n) is 3.94. The molecule has 0 spiro atoms. The number of hydrogen-bond donors (Lipinski definition) is 0. The van der Waals surface area contributed by atoms with Gasteiger partial charge >= 0.3 is 0 Å². The van der Waals surface area contributed by atoms with Crippen LogP contribution in [-0.2, 0) is 6.54 Å². The highest BCUT2D eigenvalue weighted by atomic mass is 35.5. The number of aromatic nitrogens is 4. The van der Waals surface area contributed by atoms with E-state index in [-0.39, 0.29) is 0 Å². The summed E-state index contributed by atoms with van der Waals surface area (Å²) in [5.41, 5.74) is 2.18. The minimum atomic E-state index is 0.339. The van der Waals surface area contributed by atoms with Crippen LogP contribution in [0.1, 0.15) is 5.56 Å². The molecule has 0 saturated heterocycles. The Hall–Kier alpha value is -1.36. The van der Waals surface area contributed by atoms with Crippen molar-refractivity contribution in [2.24, 2.45) is 0 Å². The third kappa shape index (κ3) is 2.39. The van der Waals surface area contributed by atoms with Crippen molar-refractivity contribution in [3.05, 3.63) is 51.6 Å². The Morgan fingerprint density at radius 3 is 2.68 bits per heavy atom. The fraction of sp³-hybridized carbons (Fsp3) is 0.0833. The summed E-state index contributed by atoms with van der Waals surface area (Å²) in [4.78, 5) is 12.3. The van der Waals surface area contributed by atoms with Gasteiger partial charge < -0.3 is 4.57 Å². The van der Waals surface area contributed by atoms with E-state index in [0.29, 0.717) is 32.9 Å². The van der Waals surface area contributed by atoms with Crippen molar-refractivity contribution in [3.63, 3.8) is 0 Å². The van der Waals surface area contributed by atoms with Crippen molar-refractivity contribution < 1.29 is 0 Å². The molecule has 19 heavy (non-hydrogen) atoms. The summed E-state index contributed by atoms with van der Waals surface area (Å²) in [6, 6.07) is 5.38. The summed E-state index contributed by atoms with van der Waals surface area (Å²) in [5.74, 6) is 0. The molecule has 2 aromatic heterocycles. The van der Waals surface area contributed by atoms with E-state index in [2.05, 4.69) is 15.0 Å². The van der Waals surface area contributed by atoms with Crippen molar-refractivity contribution in [1.82, 2.24) is 19.5 Å². The second-order valence-corrected chi connectivity index (χ2v) is 5.15. The molecule has 1 aromatic carbocycles. The van der Waals surface area contributed by atoms with Crippen LogP contribution < -0.4 is 0 Å². The first-order chi connectivity index (χ1) is 9.15. The molecule has 0 radical (unpaired) electrons. The van der Waals surface area contributed by atoms with E-state index in [0.717, 1.165) is 5.56 Å². The summed E-state index contributed by atoms with van der Waals surface area (Å²) < 4.78 is 1.86. The highest BCUT2D eigenvalue weighted by Crippen LogP contribution is 2.23. The van der Waals surface area contributed by atoms with Gasteiger partial charge in [0, 0.05) is 10.0 Å². The first-order valence-corrected chi connectivity index (χ1v) is 6.54. The van der Waals surface area contributed by atoms with E-state index in [1.165, 1.54) is 6.33 Å². The van der Waals surface area contributed by atoms with Gasteiger partial charge in [0.1, 0.15) is 11.8 Å². The summed E-state index contributed by atoms with van der Waals surface area (Å²) in [7, 11) is 0. The lowest BCUT2D eigenvalue weighted by atomic mass is 10.2. The molecule has 4 nitrogen and oxygen atoms in total. The van der Waals surface area contributed by atoms with Crippen molar-refractivity contribution in [2.45, 2.75) is 6.54 Å². The smallest absolute Gasteiger partial charge is 0.165 e. The topological polar surface area (TPSA) is 43.6 Å². The van der Waals surface area contributed by atoms with E-state index in [4.69, 9.17) is 34.8 Å². The van der Waals surface area contributed by atoms with Crippen LogP contribution in [-0.4, -0.2) is 19.5 Å². The van der Waals surface area contributed by atoms with E-state index < -0.39 is 0 Å². The van der Waals surface area contributed by atoms with Crippen LogP contribution in [0, 0.1) is 0 Å². The van der Waals surface area contributed by atoms with Gasteiger partial charge in [-0.1, -0.05) is 40.9 Å². The quantitative estimate of drug-likeness (QED) is 0.675. The molecule has 0 aliphatic heterocycles. The Bertz CT molecular complexity index is 754. The lowest BCUT2D eigenvalue weighted by Crippen LogP contribution is -2.00. The average Bonchev–Trinajstić information content (AvgIpc) is 2.78. The molecule has 2 heterocycles. The number of benzene rings is 1. The number of fused-ring (bicyclic) bond motifs is 1. The lowest BCUT2D eigenvalue weighted by Gasteiger charge is -2.06. The number of nitrogens with zero attached hydrogens (tertiary/aromatic N) is 4. The predicted octanol–water partition coefficient (Wildman–Crippen LogP) is 3.83. The van der Waals surface area contributed by atoms with Gasteiger partial charge in [0.25, 0.3) is 0 Å². The summed E-state index contributed by atoms with van der Waals surface area (Å²) in [6.07, 6.45) is 3.07. The Morgan fingerprint density at radius 1 is 1.05 bits per heavy atom. The number of halogens is 3. The van der Waals surface area contributed by atoms with Gasteiger partial charge in [-0.05, 0) is 17.7 Å². The van der Waals surface area contributed by atoms with Crippen molar-refractivity contribution in [3.8, 4) is 0 Å². The van der Waals surface area contributed by atoms with Crippen molar-refractivity contribution >= 4 is 46.0 Å². The molecule has 0 bridgehead atoms. The number of imidazole rings is 1. The van der Waals surface area contributed by atoms with Gasteiger partial charge in [-0.3, -0.25) is 0 Å². The standard InChI is InChI=1S/C12H7Cl3N4/c13-8-2-1-7(9(14)3-8)4-19-6-18-10-11(15)16-5-17-12(10)19/h1-3,5-6H,4H2. The highest BCUT2D eigenvalue weighted by Gasteiger charge is 2.10. The van der Waals surface area contributed by atoms with Crippen LogP contribution in [0.3, 0.4) is 0 Å². The minimum absolute atomic E-state index is 0.339. The number of rotatable bonds is 2. The van der Waals surface area contributed by atoms with E-state index in [9.17, 15) is 0 Å². The lowest BCUT2D eigenvalue weighted by molar-refractivity contribution is 0.813. The van der Waals surface area contributed by atoms with Crippen LogP contribution >= 0.6 is 34.8 Å². The van der Waals surface area contributed by atoms with Crippen LogP contribution in [0.4, 0.5) is 0 Å².